The van der Waals surface area contributed by atoms with Crippen LogP contribution in [0, 0.1) is 0 Å². The first kappa shape index (κ1) is 12.4. The summed E-state index contributed by atoms with van der Waals surface area (Å²) in [4.78, 5) is 10.8. The average molecular weight is 237 g/mol. The molecule has 1 heterocycles. The highest BCUT2D eigenvalue weighted by atomic mass is 32.2. The SMILES string of the molecule is COC(=O)CS(=O)(=O)NC1CCOCC1. The molecule has 0 aromatic heterocycles. The van der Waals surface area contributed by atoms with Crippen LogP contribution in [0.4, 0.5) is 0 Å². The summed E-state index contributed by atoms with van der Waals surface area (Å²) in [6, 6.07) is -0.131. The quantitative estimate of drug-likeness (QED) is 0.651. The minimum Gasteiger partial charge on any atom is -0.468 e. The van der Waals surface area contributed by atoms with Crippen LogP contribution in [-0.2, 0) is 24.3 Å². The fraction of sp³-hybridized carbons (Fsp3) is 0.875. The molecule has 6 nitrogen and oxygen atoms in total. The molecule has 0 unspecified atom stereocenters. The molecule has 15 heavy (non-hydrogen) atoms. The Kier molecular flexibility index (Phi) is 4.49. The van der Waals surface area contributed by atoms with E-state index in [4.69, 9.17) is 4.74 Å². The smallest absolute Gasteiger partial charge is 0.322 e. The molecule has 7 heteroatoms. The van der Waals surface area contributed by atoms with Gasteiger partial charge in [0.05, 0.1) is 7.11 Å². The van der Waals surface area contributed by atoms with Gasteiger partial charge in [-0.15, -0.1) is 0 Å². The summed E-state index contributed by atoms with van der Waals surface area (Å²) in [7, 11) is -2.41. The van der Waals surface area contributed by atoms with Gasteiger partial charge in [-0.1, -0.05) is 0 Å². The standard InChI is InChI=1S/C8H15NO5S/c1-13-8(10)6-15(11,12)9-7-2-4-14-5-3-7/h7,9H,2-6H2,1H3. The lowest BCUT2D eigenvalue weighted by molar-refractivity contribution is -0.137. The van der Waals surface area contributed by atoms with Gasteiger partial charge in [-0.25, -0.2) is 13.1 Å². The van der Waals surface area contributed by atoms with Crippen LogP contribution in [0.2, 0.25) is 0 Å². The van der Waals surface area contributed by atoms with E-state index in [-0.39, 0.29) is 6.04 Å². The highest BCUT2D eigenvalue weighted by molar-refractivity contribution is 7.90. The summed E-state index contributed by atoms with van der Waals surface area (Å²) in [5.41, 5.74) is 0. The van der Waals surface area contributed by atoms with E-state index in [2.05, 4.69) is 9.46 Å². The number of nitrogens with one attached hydrogen (secondary N) is 1. The lowest BCUT2D eigenvalue weighted by Crippen LogP contribution is -2.41. The van der Waals surface area contributed by atoms with Gasteiger partial charge in [0.1, 0.15) is 0 Å². The van der Waals surface area contributed by atoms with Crippen molar-refractivity contribution < 1.29 is 22.7 Å². The van der Waals surface area contributed by atoms with E-state index in [1.165, 1.54) is 0 Å². The number of hydrogen-bond donors (Lipinski definition) is 1. The van der Waals surface area contributed by atoms with Crippen molar-refractivity contribution in [2.75, 3.05) is 26.1 Å². The third-order valence-electron chi connectivity index (χ3n) is 2.10. The molecule has 1 N–H and O–H groups in total. The normalized spacial score (nSPS) is 18.7. The number of methoxy groups -OCH3 is 1. The van der Waals surface area contributed by atoms with E-state index in [9.17, 15) is 13.2 Å². The molecule has 0 radical (unpaired) electrons. The number of rotatable bonds is 4. The molecular weight excluding hydrogens is 222 g/mol. The Morgan fingerprint density at radius 2 is 2.07 bits per heavy atom. The predicted octanol–water partition coefficient (Wildman–Crippen LogP) is -0.742. The molecular formula is C8H15NO5S. The van der Waals surface area contributed by atoms with Crippen LogP contribution < -0.4 is 4.72 Å². The molecule has 88 valence electrons. The lowest BCUT2D eigenvalue weighted by Gasteiger charge is -2.22. The maximum Gasteiger partial charge on any atom is 0.322 e. The minimum absolute atomic E-state index is 0.131. The molecule has 1 rings (SSSR count). The average Bonchev–Trinajstić information content (AvgIpc) is 2.17. The fourth-order valence-electron chi connectivity index (χ4n) is 1.33. The maximum atomic E-state index is 11.4. The van der Waals surface area contributed by atoms with E-state index >= 15 is 0 Å². The maximum absolute atomic E-state index is 11.4. The summed E-state index contributed by atoms with van der Waals surface area (Å²) in [5.74, 6) is -1.38. The van der Waals surface area contributed by atoms with Gasteiger partial charge in [0.25, 0.3) is 0 Å². The summed E-state index contributed by atoms with van der Waals surface area (Å²) in [6.45, 7) is 1.09. The Balaban J connectivity index is 2.44. The van der Waals surface area contributed by atoms with Crippen molar-refractivity contribution in [2.45, 2.75) is 18.9 Å². The van der Waals surface area contributed by atoms with Crippen LogP contribution >= 0.6 is 0 Å². The predicted molar refractivity (Wildman–Crippen MR) is 52.8 cm³/mol. The number of carbonyl (C=O) groups is 1. The Hall–Kier alpha value is -0.660. The molecule has 1 saturated heterocycles. The van der Waals surface area contributed by atoms with Crippen LogP contribution in [0.5, 0.6) is 0 Å². The molecule has 1 aliphatic rings. The lowest BCUT2D eigenvalue weighted by atomic mass is 10.1. The molecule has 0 spiro atoms. The van der Waals surface area contributed by atoms with Gasteiger partial charge >= 0.3 is 5.97 Å². The molecule has 0 aliphatic carbocycles. The number of carbonyl (C=O) groups excluding carboxylic acids is 1. The summed E-state index contributed by atoms with van der Waals surface area (Å²) < 4.78 is 34.7. The number of sulfonamides is 1. The van der Waals surface area contributed by atoms with E-state index in [0.717, 1.165) is 7.11 Å². The highest BCUT2D eigenvalue weighted by Gasteiger charge is 2.23. The number of ether oxygens (including phenoxy) is 2. The second-order valence-corrected chi connectivity index (χ2v) is 5.09. The summed E-state index contributed by atoms with van der Waals surface area (Å²) >= 11 is 0. The van der Waals surface area contributed by atoms with E-state index in [1.807, 2.05) is 0 Å². The van der Waals surface area contributed by atoms with E-state index < -0.39 is 21.7 Å². The van der Waals surface area contributed by atoms with Gasteiger partial charge < -0.3 is 9.47 Å². The zero-order chi connectivity index (χ0) is 11.3. The van der Waals surface area contributed by atoms with Crippen molar-refractivity contribution in [3.05, 3.63) is 0 Å². The molecule has 0 aromatic carbocycles. The molecule has 1 aliphatic heterocycles. The van der Waals surface area contributed by atoms with Crippen molar-refractivity contribution in [1.29, 1.82) is 0 Å². The number of hydrogen-bond acceptors (Lipinski definition) is 5. The molecule has 0 saturated carbocycles. The van der Waals surface area contributed by atoms with Gasteiger partial charge in [0, 0.05) is 19.3 Å². The third-order valence-corrected chi connectivity index (χ3v) is 3.41. The van der Waals surface area contributed by atoms with Crippen LogP contribution in [0.25, 0.3) is 0 Å². The zero-order valence-electron chi connectivity index (χ0n) is 8.56. The molecule has 0 amide bonds. The number of esters is 1. The fourth-order valence-corrected chi connectivity index (χ4v) is 2.58. The topological polar surface area (TPSA) is 81.7 Å². The van der Waals surface area contributed by atoms with Crippen molar-refractivity contribution in [3.63, 3.8) is 0 Å². The van der Waals surface area contributed by atoms with E-state index in [0.29, 0.717) is 26.1 Å². The molecule has 0 aromatic rings. The van der Waals surface area contributed by atoms with Crippen molar-refractivity contribution in [1.82, 2.24) is 4.72 Å². The third kappa shape index (κ3) is 4.59. The summed E-state index contributed by atoms with van der Waals surface area (Å²) in [6.07, 6.45) is 1.28. The Bertz CT molecular complexity index is 307. The van der Waals surface area contributed by atoms with Gasteiger partial charge in [0.2, 0.25) is 10.0 Å². The van der Waals surface area contributed by atoms with Crippen LogP contribution in [-0.4, -0.2) is 46.5 Å². The van der Waals surface area contributed by atoms with Crippen LogP contribution in [0.1, 0.15) is 12.8 Å². The van der Waals surface area contributed by atoms with Crippen LogP contribution in [0.15, 0.2) is 0 Å². The van der Waals surface area contributed by atoms with Gasteiger partial charge in [-0.2, -0.15) is 0 Å². The Labute approximate surface area is 89.0 Å². The first-order valence-electron chi connectivity index (χ1n) is 4.68. The van der Waals surface area contributed by atoms with Crippen molar-refractivity contribution >= 4 is 16.0 Å². The van der Waals surface area contributed by atoms with Crippen LogP contribution in [0.3, 0.4) is 0 Å². The van der Waals surface area contributed by atoms with Crippen molar-refractivity contribution in [3.8, 4) is 0 Å². The highest BCUT2D eigenvalue weighted by Crippen LogP contribution is 2.07. The van der Waals surface area contributed by atoms with E-state index in [1.54, 1.807) is 0 Å². The first-order valence-corrected chi connectivity index (χ1v) is 6.33. The minimum atomic E-state index is -3.57. The summed E-state index contributed by atoms with van der Waals surface area (Å²) in [5, 5.41) is 0. The molecule has 1 fully saturated rings. The van der Waals surface area contributed by atoms with Crippen molar-refractivity contribution in [2.24, 2.45) is 0 Å². The molecule has 0 bridgehead atoms. The second-order valence-electron chi connectivity index (χ2n) is 3.34. The Morgan fingerprint density at radius 3 is 2.60 bits per heavy atom. The van der Waals surface area contributed by atoms with Gasteiger partial charge in [-0.05, 0) is 12.8 Å². The molecule has 0 atom stereocenters. The zero-order valence-corrected chi connectivity index (χ0v) is 9.38. The van der Waals surface area contributed by atoms with Gasteiger partial charge in [0.15, 0.2) is 5.75 Å². The first-order chi connectivity index (χ1) is 7.03. The largest absolute Gasteiger partial charge is 0.468 e. The Morgan fingerprint density at radius 1 is 1.47 bits per heavy atom. The second kappa shape index (κ2) is 5.43. The van der Waals surface area contributed by atoms with Gasteiger partial charge in [-0.3, -0.25) is 4.79 Å². The monoisotopic (exact) mass is 237 g/mol.